The first-order chi connectivity index (χ1) is 7.60. The van der Waals surface area contributed by atoms with Crippen LogP contribution in [0.15, 0.2) is 0 Å². The minimum atomic E-state index is -1.25. The lowest BCUT2D eigenvalue weighted by Gasteiger charge is -2.25. The van der Waals surface area contributed by atoms with Gasteiger partial charge in [0, 0.05) is 12.8 Å². The molecule has 0 aliphatic carbocycles. The Balaban J connectivity index is 4.37. The summed E-state index contributed by atoms with van der Waals surface area (Å²) in [5.74, 6) is -0.0851. The summed E-state index contributed by atoms with van der Waals surface area (Å²) >= 11 is 0. The Morgan fingerprint density at radius 2 is 1.88 bits per heavy atom. The zero-order valence-electron chi connectivity index (χ0n) is 10.5. The van der Waals surface area contributed by atoms with E-state index in [0.29, 0.717) is 12.8 Å². The van der Waals surface area contributed by atoms with Crippen molar-refractivity contribution < 1.29 is 9.90 Å². The van der Waals surface area contributed by atoms with Gasteiger partial charge in [0.2, 0.25) is 0 Å². The molecule has 1 N–H and O–H groups in total. The van der Waals surface area contributed by atoms with Crippen molar-refractivity contribution in [2.75, 3.05) is 0 Å². The summed E-state index contributed by atoms with van der Waals surface area (Å²) in [6.07, 6.45) is 5.02. The van der Waals surface area contributed by atoms with Crippen molar-refractivity contribution in [1.29, 1.82) is 5.26 Å². The van der Waals surface area contributed by atoms with Gasteiger partial charge in [-0.25, -0.2) is 0 Å². The molecule has 1 atom stereocenters. The lowest BCUT2D eigenvalue weighted by atomic mass is 9.85. The van der Waals surface area contributed by atoms with Crippen molar-refractivity contribution >= 4 is 5.78 Å². The first-order valence-corrected chi connectivity index (χ1v) is 6.23. The molecule has 0 aromatic heterocycles. The number of hydrogen-bond donors (Lipinski definition) is 1. The standard InChI is InChI=1S/C13H23NO2/c1-3-5-8-12(15)13(16,9-6-4-2)10-7-11-14/h16H,3-10H2,1-2H3. The third-order valence-electron chi connectivity index (χ3n) is 2.87. The van der Waals surface area contributed by atoms with E-state index < -0.39 is 5.60 Å². The Bertz CT molecular complexity index is 245. The van der Waals surface area contributed by atoms with Crippen molar-refractivity contribution in [2.24, 2.45) is 0 Å². The van der Waals surface area contributed by atoms with Crippen LogP contribution in [-0.4, -0.2) is 16.5 Å². The highest BCUT2D eigenvalue weighted by molar-refractivity contribution is 5.86. The van der Waals surface area contributed by atoms with Crippen molar-refractivity contribution in [3.8, 4) is 6.07 Å². The molecule has 16 heavy (non-hydrogen) atoms. The fourth-order valence-electron chi connectivity index (χ4n) is 1.71. The summed E-state index contributed by atoms with van der Waals surface area (Å²) in [5, 5.41) is 18.8. The van der Waals surface area contributed by atoms with E-state index in [0.717, 1.165) is 25.7 Å². The minimum Gasteiger partial charge on any atom is -0.382 e. The maximum atomic E-state index is 11.9. The van der Waals surface area contributed by atoms with Gasteiger partial charge in [-0.05, 0) is 19.3 Å². The number of ketones is 1. The van der Waals surface area contributed by atoms with Crippen LogP contribution in [0.4, 0.5) is 0 Å². The number of carbonyl (C=O) groups excluding carboxylic acids is 1. The molecule has 0 radical (unpaired) electrons. The van der Waals surface area contributed by atoms with Crippen LogP contribution >= 0.6 is 0 Å². The fraction of sp³-hybridized carbons (Fsp3) is 0.846. The third kappa shape index (κ3) is 5.27. The van der Waals surface area contributed by atoms with Gasteiger partial charge in [-0.2, -0.15) is 5.26 Å². The lowest BCUT2D eigenvalue weighted by molar-refractivity contribution is -0.139. The second-order valence-electron chi connectivity index (χ2n) is 4.32. The second-order valence-corrected chi connectivity index (χ2v) is 4.32. The molecule has 3 nitrogen and oxygen atoms in total. The summed E-state index contributed by atoms with van der Waals surface area (Å²) in [7, 11) is 0. The SMILES string of the molecule is CCCCC(=O)C(O)(CCC#N)CCCC. The van der Waals surface area contributed by atoms with E-state index in [-0.39, 0.29) is 18.6 Å². The van der Waals surface area contributed by atoms with Crippen LogP contribution in [-0.2, 0) is 4.79 Å². The van der Waals surface area contributed by atoms with Gasteiger partial charge < -0.3 is 5.11 Å². The highest BCUT2D eigenvalue weighted by Gasteiger charge is 2.33. The van der Waals surface area contributed by atoms with Crippen molar-refractivity contribution in [3.05, 3.63) is 0 Å². The van der Waals surface area contributed by atoms with Gasteiger partial charge in [-0.15, -0.1) is 0 Å². The van der Waals surface area contributed by atoms with Gasteiger partial charge in [0.25, 0.3) is 0 Å². The number of hydrogen-bond acceptors (Lipinski definition) is 3. The highest BCUT2D eigenvalue weighted by Crippen LogP contribution is 2.24. The summed E-state index contributed by atoms with van der Waals surface area (Å²) in [6.45, 7) is 4.05. The Kier molecular flexibility index (Phi) is 7.84. The molecule has 3 heteroatoms. The summed E-state index contributed by atoms with van der Waals surface area (Å²) in [5.41, 5.74) is -1.25. The molecule has 0 amide bonds. The van der Waals surface area contributed by atoms with Gasteiger partial charge in [-0.3, -0.25) is 4.79 Å². The predicted octanol–water partition coefficient (Wildman–Crippen LogP) is 2.97. The molecule has 0 bridgehead atoms. The zero-order valence-corrected chi connectivity index (χ0v) is 10.5. The Hall–Kier alpha value is -0.880. The fourth-order valence-corrected chi connectivity index (χ4v) is 1.71. The first kappa shape index (κ1) is 15.1. The number of aliphatic hydroxyl groups is 1. The van der Waals surface area contributed by atoms with E-state index in [9.17, 15) is 9.90 Å². The van der Waals surface area contributed by atoms with Crippen molar-refractivity contribution in [3.63, 3.8) is 0 Å². The molecule has 0 aliphatic rings. The normalized spacial score (nSPS) is 14.1. The van der Waals surface area contributed by atoms with E-state index in [1.807, 2.05) is 19.9 Å². The average molecular weight is 225 g/mol. The van der Waals surface area contributed by atoms with E-state index in [1.165, 1.54) is 0 Å². The van der Waals surface area contributed by atoms with Gasteiger partial charge in [-0.1, -0.05) is 33.1 Å². The molecule has 1 unspecified atom stereocenters. The Morgan fingerprint density at radius 1 is 1.25 bits per heavy atom. The van der Waals surface area contributed by atoms with Crippen LogP contribution in [0.2, 0.25) is 0 Å². The largest absolute Gasteiger partial charge is 0.382 e. The Labute approximate surface area is 98.5 Å². The molecule has 0 spiro atoms. The topological polar surface area (TPSA) is 61.1 Å². The lowest BCUT2D eigenvalue weighted by Crippen LogP contribution is -2.38. The number of nitriles is 1. The van der Waals surface area contributed by atoms with E-state index >= 15 is 0 Å². The van der Waals surface area contributed by atoms with Crippen LogP contribution < -0.4 is 0 Å². The molecule has 0 aromatic rings. The molecular formula is C13H23NO2. The second kappa shape index (κ2) is 8.29. The maximum absolute atomic E-state index is 11.9. The molecule has 0 aliphatic heterocycles. The quantitative estimate of drug-likeness (QED) is 0.656. The van der Waals surface area contributed by atoms with Crippen LogP contribution in [0.3, 0.4) is 0 Å². The number of nitrogens with zero attached hydrogens (tertiary/aromatic N) is 1. The van der Waals surface area contributed by atoms with Gasteiger partial charge in [0.05, 0.1) is 6.07 Å². The average Bonchev–Trinajstić information content (AvgIpc) is 2.30. The number of unbranched alkanes of at least 4 members (excludes halogenated alkanes) is 2. The van der Waals surface area contributed by atoms with Crippen molar-refractivity contribution in [2.45, 2.75) is 70.8 Å². The summed E-state index contributed by atoms with van der Waals surface area (Å²) in [4.78, 5) is 11.9. The molecule has 0 saturated heterocycles. The summed E-state index contributed by atoms with van der Waals surface area (Å²) < 4.78 is 0. The number of Topliss-reactive ketones (excluding diaryl/α,β-unsaturated/α-hetero) is 1. The number of rotatable bonds is 9. The van der Waals surface area contributed by atoms with Gasteiger partial charge in [0.15, 0.2) is 5.78 Å². The van der Waals surface area contributed by atoms with E-state index in [4.69, 9.17) is 5.26 Å². The van der Waals surface area contributed by atoms with E-state index in [1.54, 1.807) is 0 Å². The zero-order chi connectivity index (χ0) is 12.4. The molecule has 92 valence electrons. The molecular weight excluding hydrogens is 202 g/mol. The molecule has 0 fully saturated rings. The van der Waals surface area contributed by atoms with Crippen molar-refractivity contribution in [1.82, 2.24) is 0 Å². The molecule has 0 heterocycles. The van der Waals surface area contributed by atoms with Crippen LogP contribution in [0.25, 0.3) is 0 Å². The molecule has 0 rings (SSSR count). The molecule has 0 saturated carbocycles. The van der Waals surface area contributed by atoms with Crippen LogP contribution in [0.5, 0.6) is 0 Å². The van der Waals surface area contributed by atoms with Crippen LogP contribution in [0, 0.1) is 11.3 Å². The van der Waals surface area contributed by atoms with Gasteiger partial charge in [0.1, 0.15) is 5.60 Å². The summed E-state index contributed by atoms with van der Waals surface area (Å²) in [6, 6.07) is 2.00. The smallest absolute Gasteiger partial charge is 0.164 e. The minimum absolute atomic E-state index is 0.0851. The monoisotopic (exact) mass is 225 g/mol. The van der Waals surface area contributed by atoms with Crippen LogP contribution in [0.1, 0.15) is 65.2 Å². The first-order valence-electron chi connectivity index (χ1n) is 6.23. The maximum Gasteiger partial charge on any atom is 0.164 e. The Morgan fingerprint density at radius 3 is 2.38 bits per heavy atom. The number of carbonyl (C=O) groups is 1. The molecule has 0 aromatic carbocycles. The third-order valence-corrected chi connectivity index (χ3v) is 2.87. The van der Waals surface area contributed by atoms with Gasteiger partial charge >= 0.3 is 0 Å². The highest BCUT2D eigenvalue weighted by atomic mass is 16.3. The predicted molar refractivity (Wildman–Crippen MR) is 63.9 cm³/mol. The van der Waals surface area contributed by atoms with E-state index in [2.05, 4.69) is 0 Å².